The molecule has 1 rings (SSSR count). The molecule has 1 aromatic rings. The van der Waals surface area contributed by atoms with Crippen LogP contribution in [-0.4, -0.2) is 35.6 Å². The number of thioether (sulfide) groups is 1. The van der Waals surface area contributed by atoms with Crippen molar-refractivity contribution in [2.45, 2.75) is 31.8 Å². The average Bonchev–Trinajstić information content (AvgIpc) is 2.29. The fourth-order valence-electron chi connectivity index (χ4n) is 1.11. The SMILES string of the molecule is CSc1nc(C)c(/N=C/N(C)C(C)C)cc1Br. The smallest absolute Gasteiger partial charge is 0.110 e. The van der Waals surface area contributed by atoms with Crippen molar-refractivity contribution in [1.82, 2.24) is 9.88 Å². The van der Waals surface area contributed by atoms with Crippen molar-refractivity contribution in [2.24, 2.45) is 4.99 Å². The highest BCUT2D eigenvalue weighted by Crippen LogP contribution is 2.29. The van der Waals surface area contributed by atoms with Gasteiger partial charge in [-0.25, -0.2) is 9.98 Å². The van der Waals surface area contributed by atoms with Crippen LogP contribution in [0.5, 0.6) is 0 Å². The molecular weight excluding hydrogens is 298 g/mol. The summed E-state index contributed by atoms with van der Waals surface area (Å²) in [6.07, 6.45) is 3.86. The van der Waals surface area contributed by atoms with Crippen LogP contribution in [0, 0.1) is 6.92 Å². The zero-order valence-corrected chi connectivity index (χ0v) is 13.3. The first kappa shape index (κ1) is 14.5. The summed E-state index contributed by atoms with van der Waals surface area (Å²) in [6, 6.07) is 2.46. The molecule has 0 aliphatic heterocycles. The number of halogens is 1. The monoisotopic (exact) mass is 315 g/mol. The summed E-state index contributed by atoms with van der Waals surface area (Å²) in [5.74, 6) is 0. The van der Waals surface area contributed by atoms with E-state index in [0.717, 1.165) is 20.9 Å². The van der Waals surface area contributed by atoms with Gasteiger partial charge in [-0.2, -0.15) is 0 Å². The summed E-state index contributed by atoms with van der Waals surface area (Å²) in [7, 11) is 2.02. The lowest BCUT2D eigenvalue weighted by Gasteiger charge is -2.17. The van der Waals surface area contributed by atoms with E-state index in [2.05, 4.69) is 44.7 Å². The number of hydrogen-bond acceptors (Lipinski definition) is 3. The zero-order valence-electron chi connectivity index (χ0n) is 10.9. The van der Waals surface area contributed by atoms with Gasteiger partial charge in [0.25, 0.3) is 0 Å². The first-order valence-corrected chi connectivity index (χ1v) is 7.44. The molecule has 0 radical (unpaired) electrons. The van der Waals surface area contributed by atoms with Gasteiger partial charge < -0.3 is 4.90 Å². The van der Waals surface area contributed by atoms with E-state index in [1.807, 2.05) is 32.6 Å². The third-order valence-corrected chi connectivity index (χ3v) is 4.06. The molecule has 0 N–H and O–H groups in total. The Balaban J connectivity index is 2.96. The summed E-state index contributed by atoms with van der Waals surface area (Å²) < 4.78 is 0.995. The predicted octanol–water partition coefficient (Wildman–Crippen LogP) is 3.87. The highest BCUT2D eigenvalue weighted by atomic mass is 79.9. The molecular formula is C12H18BrN3S. The maximum absolute atomic E-state index is 4.50. The highest BCUT2D eigenvalue weighted by molar-refractivity contribution is 9.10. The van der Waals surface area contributed by atoms with Crippen LogP contribution in [0.3, 0.4) is 0 Å². The Labute approximate surface area is 116 Å². The first-order chi connectivity index (χ1) is 7.95. The second-order valence-electron chi connectivity index (χ2n) is 4.09. The molecule has 0 aliphatic rings. The number of nitrogens with zero attached hydrogens (tertiary/aromatic N) is 3. The summed E-state index contributed by atoms with van der Waals surface area (Å²) in [6.45, 7) is 6.24. The molecule has 0 unspecified atom stereocenters. The van der Waals surface area contributed by atoms with Crippen molar-refractivity contribution in [3.05, 3.63) is 16.2 Å². The Morgan fingerprint density at radius 3 is 2.71 bits per heavy atom. The molecule has 0 aliphatic carbocycles. The van der Waals surface area contributed by atoms with Crippen LogP contribution >= 0.6 is 27.7 Å². The van der Waals surface area contributed by atoms with Crippen LogP contribution in [0.1, 0.15) is 19.5 Å². The molecule has 0 spiro atoms. The Hall–Kier alpha value is -0.550. The largest absolute Gasteiger partial charge is 0.363 e. The van der Waals surface area contributed by atoms with Gasteiger partial charge in [-0.05, 0) is 49.0 Å². The molecule has 0 saturated carbocycles. The van der Waals surface area contributed by atoms with Gasteiger partial charge in [-0.1, -0.05) is 0 Å². The van der Waals surface area contributed by atoms with Crippen LogP contribution in [0.4, 0.5) is 5.69 Å². The van der Waals surface area contributed by atoms with E-state index < -0.39 is 0 Å². The lowest BCUT2D eigenvalue weighted by molar-refractivity contribution is 0.429. The van der Waals surface area contributed by atoms with Crippen molar-refractivity contribution in [3.8, 4) is 0 Å². The molecule has 0 bridgehead atoms. The Morgan fingerprint density at radius 2 is 2.18 bits per heavy atom. The Bertz CT molecular complexity index is 418. The molecule has 0 fully saturated rings. The zero-order chi connectivity index (χ0) is 13.0. The van der Waals surface area contributed by atoms with Crippen LogP contribution in [0.2, 0.25) is 0 Å². The fourth-order valence-corrected chi connectivity index (χ4v) is 2.38. The lowest BCUT2D eigenvalue weighted by Crippen LogP contribution is -2.24. The van der Waals surface area contributed by atoms with Crippen molar-refractivity contribution >= 4 is 39.7 Å². The molecule has 0 atom stereocenters. The minimum Gasteiger partial charge on any atom is -0.363 e. The summed E-state index contributed by atoms with van der Waals surface area (Å²) in [4.78, 5) is 11.0. The molecule has 5 heteroatoms. The molecule has 0 aromatic carbocycles. The maximum Gasteiger partial charge on any atom is 0.110 e. The number of pyridine rings is 1. The lowest BCUT2D eigenvalue weighted by atomic mass is 10.3. The van der Waals surface area contributed by atoms with E-state index in [1.54, 1.807) is 11.8 Å². The summed E-state index contributed by atoms with van der Waals surface area (Å²) in [5, 5.41) is 0.999. The molecule has 94 valence electrons. The van der Waals surface area contributed by atoms with Gasteiger partial charge in [0, 0.05) is 13.1 Å². The van der Waals surface area contributed by atoms with Crippen molar-refractivity contribution in [1.29, 1.82) is 0 Å². The predicted molar refractivity (Wildman–Crippen MR) is 79.5 cm³/mol. The molecule has 0 saturated heterocycles. The van der Waals surface area contributed by atoms with Crippen LogP contribution in [-0.2, 0) is 0 Å². The van der Waals surface area contributed by atoms with E-state index in [0.29, 0.717) is 6.04 Å². The Kier molecular flexibility index (Phi) is 5.46. The second kappa shape index (κ2) is 6.40. The third kappa shape index (κ3) is 4.00. The minimum absolute atomic E-state index is 0.445. The summed E-state index contributed by atoms with van der Waals surface area (Å²) in [5.41, 5.74) is 1.85. The van der Waals surface area contributed by atoms with Crippen LogP contribution < -0.4 is 0 Å². The van der Waals surface area contributed by atoms with Crippen molar-refractivity contribution in [3.63, 3.8) is 0 Å². The number of aliphatic imine (C=N–C) groups is 1. The van der Waals surface area contributed by atoms with Crippen LogP contribution in [0.25, 0.3) is 0 Å². The summed E-state index contributed by atoms with van der Waals surface area (Å²) >= 11 is 5.13. The van der Waals surface area contributed by atoms with E-state index in [9.17, 15) is 0 Å². The normalized spacial score (nSPS) is 11.5. The first-order valence-electron chi connectivity index (χ1n) is 5.43. The number of aryl methyl sites for hydroxylation is 1. The van der Waals surface area contributed by atoms with Gasteiger partial charge in [0.1, 0.15) is 5.03 Å². The highest BCUT2D eigenvalue weighted by Gasteiger charge is 2.06. The van der Waals surface area contributed by atoms with E-state index in [1.165, 1.54) is 0 Å². The quantitative estimate of drug-likeness (QED) is 0.479. The van der Waals surface area contributed by atoms with E-state index >= 15 is 0 Å². The fraction of sp³-hybridized carbons (Fsp3) is 0.500. The van der Waals surface area contributed by atoms with Crippen molar-refractivity contribution < 1.29 is 0 Å². The van der Waals surface area contributed by atoms with Gasteiger partial charge in [0.05, 0.1) is 22.2 Å². The van der Waals surface area contributed by atoms with E-state index in [4.69, 9.17) is 0 Å². The van der Waals surface area contributed by atoms with Gasteiger partial charge in [-0.15, -0.1) is 11.8 Å². The standard InChI is InChI=1S/C12H18BrN3S/c1-8(2)16(4)7-14-11-6-10(13)12(17-5)15-9(11)3/h6-8H,1-5H3/b14-7+. The Morgan fingerprint density at radius 1 is 1.53 bits per heavy atom. The topological polar surface area (TPSA) is 28.5 Å². The molecule has 0 amide bonds. The average molecular weight is 316 g/mol. The maximum atomic E-state index is 4.50. The number of rotatable bonds is 4. The van der Waals surface area contributed by atoms with Crippen molar-refractivity contribution in [2.75, 3.05) is 13.3 Å². The molecule has 3 nitrogen and oxygen atoms in total. The molecule has 1 aromatic heterocycles. The van der Waals surface area contributed by atoms with Gasteiger partial charge in [0.2, 0.25) is 0 Å². The number of aromatic nitrogens is 1. The number of hydrogen-bond donors (Lipinski definition) is 0. The second-order valence-corrected chi connectivity index (χ2v) is 5.74. The third-order valence-electron chi connectivity index (χ3n) is 2.49. The van der Waals surface area contributed by atoms with E-state index in [-0.39, 0.29) is 0 Å². The van der Waals surface area contributed by atoms with Gasteiger partial charge >= 0.3 is 0 Å². The molecule has 17 heavy (non-hydrogen) atoms. The molecule has 1 heterocycles. The van der Waals surface area contributed by atoms with Gasteiger partial charge in [-0.3, -0.25) is 0 Å². The van der Waals surface area contributed by atoms with Gasteiger partial charge in [0.15, 0.2) is 0 Å². The van der Waals surface area contributed by atoms with Crippen LogP contribution in [0.15, 0.2) is 20.6 Å². The minimum atomic E-state index is 0.445.